The molecule has 2 aromatic carbocycles. The van der Waals surface area contributed by atoms with Crippen LogP contribution in [0.25, 0.3) is 11.6 Å². The molecule has 0 bridgehead atoms. The summed E-state index contributed by atoms with van der Waals surface area (Å²) in [4.78, 5) is 0. The molecule has 0 saturated heterocycles. The molecular weight excluding hydrogens is 254 g/mol. The number of benzene rings is 2. The lowest BCUT2D eigenvalue weighted by atomic mass is 10.0. The molecule has 0 atom stereocenters. The van der Waals surface area contributed by atoms with Crippen LogP contribution in [0.1, 0.15) is 18.1 Å². The van der Waals surface area contributed by atoms with E-state index in [1.54, 1.807) is 19.1 Å². The number of allylic oxidation sites excluding steroid dienone is 1. The lowest BCUT2D eigenvalue weighted by Gasteiger charge is -2.04. The van der Waals surface area contributed by atoms with Crippen LogP contribution in [0.4, 0.5) is 8.78 Å². The van der Waals surface area contributed by atoms with E-state index in [0.29, 0.717) is 10.6 Å². The average molecular weight is 265 g/mol. The summed E-state index contributed by atoms with van der Waals surface area (Å²) in [6.45, 7) is 1.78. The molecule has 0 unspecified atom stereocenters. The molecular formula is C15H11ClF2. The Labute approximate surface area is 110 Å². The molecule has 0 amide bonds. The summed E-state index contributed by atoms with van der Waals surface area (Å²) in [5.74, 6) is -1.13. The molecule has 0 aliphatic carbocycles. The molecule has 0 nitrogen and oxygen atoms in total. The molecule has 2 aromatic rings. The Kier molecular flexibility index (Phi) is 3.78. The van der Waals surface area contributed by atoms with Gasteiger partial charge in [0.15, 0.2) is 0 Å². The number of halogens is 3. The Morgan fingerprint density at radius 2 is 1.72 bits per heavy atom. The van der Waals surface area contributed by atoms with Crippen LogP contribution in [0.5, 0.6) is 0 Å². The summed E-state index contributed by atoms with van der Waals surface area (Å²) in [5.41, 5.74) is 2.04. The molecule has 0 aromatic heterocycles. The first-order valence-corrected chi connectivity index (χ1v) is 5.83. The topological polar surface area (TPSA) is 0 Å². The second-order valence-corrected chi connectivity index (χ2v) is 4.44. The first-order chi connectivity index (χ1) is 8.56. The summed E-state index contributed by atoms with van der Waals surface area (Å²) in [6, 6.07) is 10.8. The van der Waals surface area contributed by atoms with Crippen molar-refractivity contribution in [1.29, 1.82) is 0 Å². The third kappa shape index (κ3) is 2.96. The highest BCUT2D eigenvalue weighted by Gasteiger charge is 2.05. The molecule has 0 aliphatic heterocycles. The molecule has 92 valence electrons. The minimum absolute atomic E-state index is 0.395. The monoisotopic (exact) mass is 264 g/mol. The molecule has 0 aliphatic rings. The third-order valence-corrected chi connectivity index (χ3v) is 2.86. The van der Waals surface area contributed by atoms with Crippen molar-refractivity contribution in [2.24, 2.45) is 0 Å². The Morgan fingerprint density at radius 1 is 1.06 bits per heavy atom. The summed E-state index contributed by atoms with van der Waals surface area (Å²) in [5, 5.41) is 0.651. The Morgan fingerprint density at radius 3 is 2.33 bits per heavy atom. The molecule has 3 heteroatoms. The minimum Gasteiger partial charge on any atom is -0.207 e. The zero-order chi connectivity index (χ0) is 13.1. The van der Waals surface area contributed by atoms with E-state index in [1.165, 1.54) is 12.1 Å². The van der Waals surface area contributed by atoms with Gasteiger partial charge >= 0.3 is 0 Å². The highest BCUT2D eigenvalue weighted by Crippen LogP contribution is 2.22. The van der Waals surface area contributed by atoms with Crippen molar-refractivity contribution in [2.45, 2.75) is 6.92 Å². The largest absolute Gasteiger partial charge is 0.207 e. The Bertz CT molecular complexity index is 586. The smallest absolute Gasteiger partial charge is 0.133 e. The molecule has 0 spiro atoms. The summed E-state index contributed by atoms with van der Waals surface area (Å²) in [6.07, 6.45) is 1.83. The van der Waals surface area contributed by atoms with Crippen LogP contribution in [0.15, 0.2) is 42.5 Å². The van der Waals surface area contributed by atoms with E-state index in [0.717, 1.165) is 17.2 Å². The van der Waals surface area contributed by atoms with Crippen molar-refractivity contribution < 1.29 is 8.78 Å². The SMILES string of the molecule is CC(=Cc1ccc(Cl)cc1)c1ccc(F)cc1F. The van der Waals surface area contributed by atoms with Gasteiger partial charge in [0.25, 0.3) is 0 Å². The van der Waals surface area contributed by atoms with Gasteiger partial charge in [0.2, 0.25) is 0 Å². The summed E-state index contributed by atoms with van der Waals surface area (Å²) < 4.78 is 26.4. The highest BCUT2D eigenvalue weighted by atomic mass is 35.5. The van der Waals surface area contributed by atoms with Crippen LogP contribution in [0, 0.1) is 11.6 Å². The van der Waals surface area contributed by atoms with Gasteiger partial charge in [-0.3, -0.25) is 0 Å². The van der Waals surface area contributed by atoms with Gasteiger partial charge in [-0.1, -0.05) is 29.8 Å². The quantitative estimate of drug-likeness (QED) is 0.656. The normalized spacial score (nSPS) is 11.7. The number of hydrogen-bond donors (Lipinski definition) is 0. The molecule has 0 N–H and O–H groups in total. The van der Waals surface area contributed by atoms with Crippen molar-refractivity contribution >= 4 is 23.3 Å². The van der Waals surface area contributed by atoms with E-state index in [9.17, 15) is 8.78 Å². The maximum atomic E-state index is 13.6. The van der Waals surface area contributed by atoms with Gasteiger partial charge in [-0.05, 0) is 42.3 Å². The van der Waals surface area contributed by atoms with Crippen LogP contribution in [-0.2, 0) is 0 Å². The fraction of sp³-hybridized carbons (Fsp3) is 0.0667. The molecule has 0 heterocycles. The van der Waals surface area contributed by atoms with E-state index in [2.05, 4.69) is 0 Å². The van der Waals surface area contributed by atoms with Crippen LogP contribution >= 0.6 is 11.6 Å². The fourth-order valence-electron chi connectivity index (χ4n) is 1.70. The molecule has 2 rings (SSSR count). The van der Waals surface area contributed by atoms with E-state index in [-0.39, 0.29) is 0 Å². The van der Waals surface area contributed by atoms with Crippen molar-refractivity contribution in [2.75, 3.05) is 0 Å². The van der Waals surface area contributed by atoms with Crippen molar-refractivity contribution in [1.82, 2.24) is 0 Å². The van der Waals surface area contributed by atoms with Gasteiger partial charge in [-0.15, -0.1) is 0 Å². The molecule has 0 fully saturated rings. The molecule has 0 saturated carbocycles. The van der Waals surface area contributed by atoms with Crippen LogP contribution in [0.2, 0.25) is 5.02 Å². The van der Waals surface area contributed by atoms with Gasteiger partial charge in [-0.2, -0.15) is 0 Å². The zero-order valence-corrected chi connectivity index (χ0v) is 10.5. The van der Waals surface area contributed by atoms with Gasteiger partial charge in [0.1, 0.15) is 11.6 Å². The van der Waals surface area contributed by atoms with Gasteiger partial charge in [-0.25, -0.2) is 8.78 Å². The van der Waals surface area contributed by atoms with Crippen LogP contribution in [0.3, 0.4) is 0 Å². The average Bonchev–Trinajstić information content (AvgIpc) is 2.32. The third-order valence-electron chi connectivity index (χ3n) is 2.61. The molecule has 18 heavy (non-hydrogen) atoms. The zero-order valence-electron chi connectivity index (χ0n) is 9.75. The highest BCUT2D eigenvalue weighted by molar-refractivity contribution is 6.30. The maximum Gasteiger partial charge on any atom is 0.133 e. The van der Waals surface area contributed by atoms with Crippen LogP contribution < -0.4 is 0 Å². The Hall–Kier alpha value is -1.67. The maximum absolute atomic E-state index is 13.6. The lowest BCUT2D eigenvalue weighted by molar-refractivity contribution is 0.581. The van der Waals surface area contributed by atoms with Gasteiger partial charge < -0.3 is 0 Å². The Balaban J connectivity index is 2.35. The van der Waals surface area contributed by atoms with E-state index >= 15 is 0 Å². The minimum atomic E-state index is -0.574. The lowest BCUT2D eigenvalue weighted by Crippen LogP contribution is -1.88. The van der Waals surface area contributed by atoms with Crippen molar-refractivity contribution in [3.8, 4) is 0 Å². The number of rotatable bonds is 2. The van der Waals surface area contributed by atoms with E-state index < -0.39 is 11.6 Å². The predicted molar refractivity (Wildman–Crippen MR) is 71.4 cm³/mol. The summed E-state index contributed by atoms with van der Waals surface area (Å²) >= 11 is 5.79. The van der Waals surface area contributed by atoms with E-state index in [4.69, 9.17) is 11.6 Å². The number of hydrogen-bond acceptors (Lipinski definition) is 0. The summed E-state index contributed by atoms with van der Waals surface area (Å²) in [7, 11) is 0. The standard InChI is InChI=1S/C15H11ClF2/c1-10(8-11-2-4-12(16)5-3-11)14-7-6-13(17)9-15(14)18/h2-9H,1H3. The van der Waals surface area contributed by atoms with Crippen LogP contribution in [-0.4, -0.2) is 0 Å². The van der Waals surface area contributed by atoms with Gasteiger partial charge in [0.05, 0.1) is 0 Å². The first kappa shape index (κ1) is 12.8. The van der Waals surface area contributed by atoms with Gasteiger partial charge in [0, 0.05) is 16.7 Å². The van der Waals surface area contributed by atoms with Crippen molar-refractivity contribution in [3.05, 3.63) is 70.2 Å². The predicted octanol–water partition coefficient (Wildman–Crippen LogP) is 5.18. The second kappa shape index (κ2) is 5.32. The first-order valence-electron chi connectivity index (χ1n) is 5.45. The second-order valence-electron chi connectivity index (χ2n) is 4.00. The van der Waals surface area contributed by atoms with Crippen molar-refractivity contribution in [3.63, 3.8) is 0 Å². The fourth-order valence-corrected chi connectivity index (χ4v) is 1.82. The molecule has 0 radical (unpaired) electrons. The van der Waals surface area contributed by atoms with E-state index in [1.807, 2.05) is 18.2 Å².